The lowest BCUT2D eigenvalue weighted by atomic mass is 10.1. The van der Waals surface area contributed by atoms with E-state index in [4.69, 9.17) is 16.6 Å². The number of aromatic nitrogens is 3. The molecule has 0 unspecified atom stereocenters. The summed E-state index contributed by atoms with van der Waals surface area (Å²) in [6.45, 7) is 1.91. The van der Waals surface area contributed by atoms with Crippen LogP contribution in [0.1, 0.15) is 5.69 Å². The van der Waals surface area contributed by atoms with Gasteiger partial charge in [-0.3, -0.25) is 4.57 Å². The van der Waals surface area contributed by atoms with Gasteiger partial charge in [0.05, 0.1) is 16.9 Å². The molecule has 23 heavy (non-hydrogen) atoms. The van der Waals surface area contributed by atoms with Crippen molar-refractivity contribution in [3.63, 3.8) is 0 Å². The highest BCUT2D eigenvalue weighted by atomic mass is 35.5. The van der Waals surface area contributed by atoms with E-state index in [2.05, 4.69) is 0 Å². The van der Waals surface area contributed by atoms with E-state index in [1.54, 1.807) is 16.0 Å². The fourth-order valence-electron chi connectivity index (χ4n) is 3.03. The predicted molar refractivity (Wildman–Crippen MR) is 93.1 cm³/mol. The molecule has 0 amide bonds. The van der Waals surface area contributed by atoms with Gasteiger partial charge in [-0.1, -0.05) is 35.9 Å². The van der Waals surface area contributed by atoms with Crippen molar-refractivity contribution in [1.29, 1.82) is 0 Å². The zero-order chi connectivity index (χ0) is 16.1. The average molecular weight is 324 g/mol. The summed E-state index contributed by atoms with van der Waals surface area (Å²) in [4.78, 5) is 17.5. The Kier molecular flexibility index (Phi) is 3.03. The number of para-hydroxylation sites is 1. The number of rotatable bonds is 1. The van der Waals surface area contributed by atoms with Gasteiger partial charge in [0.2, 0.25) is 0 Å². The van der Waals surface area contributed by atoms with Crippen LogP contribution < -0.4 is 5.69 Å². The molecule has 0 fully saturated rings. The maximum atomic E-state index is 12.7. The lowest BCUT2D eigenvalue weighted by Crippen LogP contribution is -2.25. The van der Waals surface area contributed by atoms with Crippen LogP contribution in [0.5, 0.6) is 0 Å². The molecule has 2 heterocycles. The van der Waals surface area contributed by atoms with Crippen molar-refractivity contribution in [3.8, 4) is 11.3 Å². The molecule has 2 aromatic carbocycles. The summed E-state index contributed by atoms with van der Waals surface area (Å²) in [5.74, 6) is 0. The van der Waals surface area contributed by atoms with Gasteiger partial charge >= 0.3 is 5.69 Å². The predicted octanol–water partition coefficient (Wildman–Crippen LogP) is 3.82. The van der Waals surface area contributed by atoms with Crippen LogP contribution in [0.25, 0.3) is 27.8 Å². The summed E-state index contributed by atoms with van der Waals surface area (Å²) in [6.07, 6.45) is 0. The van der Waals surface area contributed by atoms with Gasteiger partial charge in [-0.05, 0) is 31.2 Å². The summed E-state index contributed by atoms with van der Waals surface area (Å²) in [5.41, 5.74) is 3.94. The Morgan fingerprint density at radius 3 is 2.65 bits per heavy atom. The second-order valence-corrected chi connectivity index (χ2v) is 6.01. The van der Waals surface area contributed by atoms with Crippen LogP contribution in [0.2, 0.25) is 5.02 Å². The number of imidazole rings is 1. The number of halogens is 1. The van der Waals surface area contributed by atoms with E-state index in [1.165, 1.54) is 0 Å². The van der Waals surface area contributed by atoms with Crippen LogP contribution >= 0.6 is 11.6 Å². The minimum absolute atomic E-state index is 0.100. The summed E-state index contributed by atoms with van der Waals surface area (Å²) in [5, 5.41) is 1.60. The molecule has 0 N–H and O–H groups in total. The highest BCUT2D eigenvalue weighted by molar-refractivity contribution is 6.30. The van der Waals surface area contributed by atoms with Crippen molar-refractivity contribution >= 4 is 28.2 Å². The van der Waals surface area contributed by atoms with Crippen LogP contribution in [-0.4, -0.2) is 14.0 Å². The number of fused-ring (bicyclic) bond motifs is 3. The van der Waals surface area contributed by atoms with Gasteiger partial charge in [0.15, 0.2) is 5.65 Å². The molecule has 0 bridgehead atoms. The van der Waals surface area contributed by atoms with Gasteiger partial charge in [-0.15, -0.1) is 0 Å². The third-order valence-corrected chi connectivity index (χ3v) is 4.43. The Bertz CT molecular complexity index is 1120. The summed E-state index contributed by atoms with van der Waals surface area (Å²) < 4.78 is 3.32. The van der Waals surface area contributed by atoms with Gasteiger partial charge in [0, 0.05) is 23.0 Å². The number of hydrogen-bond acceptors (Lipinski definition) is 2. The molecule has 0 spiro atoms. The normalized spacial score (nSPS) is 11.4. The molecule has 0 aliphatic heterocycles. The first-order chi connectivity index (χ1) is 11.1. The maximum absolute atomic E-state index is 12.7. The van der Waals surface area contributed by atoms with Gasteiger partial charge in [0.1, 0.15) is 0 Å². The zero-order valence-corrected chi connectivity index (χ0v) is 13.5. The Labute approximate surface area is 137 Å². The Hall–Kier alpha value is -2.59. The van der Waals surface area contributed by atoms with Gasteiger partial charge < -0.3 is 0 Å². The number of nitrogens with zero attached hydrogens (tertiary/aromatic N) is 3. The van der Waals surface area contributed by atoms with E-state index in [0.29, 0.717) is 10.7 Å². The Morgan fingerprint density at radius 1 is 1.09 bits per heavy atom. The number of aryl methyl sites for hydroxylation is 2. The third kappa shape index (κ3) is 1.99. The highest BCUT2D eigenvalue weighted by Crippen LogP contribution is 2.27. The standard InChI is InChI=1S/C18H14ClN3O/c1-11-16(12-6-5-7-13(19)10-12)20-17-14-8-3-4-9-15(14)21(2)18(23)22(11)17/h3-10H,1-2H3. The quantitative estimate of drug-likeness (QED) is 0.534. The van der Waals surface area contributed by atoms with Crippen LogP contribution in [0, 0.1) is 6.92 Å². The smallest absolute Gasteiger partial charge is 0.296 e. The number of hydrogen-bond donors (Lipinski definition) is 0. The molecule has 0 saturated carbocycles. The molecule has 0 aliphatic carbocycles. The average Bonchev–Trinajstić information content (AvgIpc) is 2.90. The Balaban J connectivity index is 2.18. The first-order valence-electron chi connectivity index (χ1n) is 7.30. The molecular formula is C18H14ClN3O. The summed E-state index contributed by atoms with van der Waals surface area (Å²) >= 11 is 6.10. The van der Waals surface area contributed by atoms with E-state index in [1.807, 2.05) is 55.5 Å². The molecule has 2 aromatic heterocycles. The minimum Gasteiger partial charge on any atom is -0.296 e. The molecule has 4 rings (SSSR count). The SMILES string of the molecule is Cc1c(-c2cccc(Cl)c2)nc2c3ccccc3n(C)c(=O)n12. The molecule has 0 radical (unpaired) electrons. The highest BCUT2D eigenvalue weighted by Gasteiger charge is 2.16. The van der Waals surface area contributed by atoms with Crippen molar-refractivity contribution in [2.45, 2.75) is 6.92 Å². The van der Waals surface area contributed by atoms with Crippen LogP contribution in [0.15, 0.2) is 53.3 Å². The second kappa shape index (κ2) is 4.96. The molecule has 0 atom stereocenters. The van der Waals surface area contributed by atoms with Crippen molar-refractivity contribution in [2.24, 2.45) is 7.05 Å². The van der Waals surface area contributed by atoms with Crippen LogP contribution in [-0.2, 0) is 7.05 Å². The lowest BCUT2D eigenvalue weighted by Gasteiger charge is -2.06. The van der Waals surface area contributed by atoms with Crippen molar-refractivity contribution < 1.29 is 0 Å². The molecule has 114 valence electrons. The lowest BCUT2D eigenvalue weighted by molar-refractivity contribution is 0.816. The number of benzene rings is 2. The first kappa shape index (κ1) is 14.0. The van der Waals surface area contributed by atoms with Gasteiger partial charge in [-0.2, -0.15) is 0 Å². The molecule has 0 aliphatic rings. The van der Waals surface area contributed by atoms with E-state index in [0.717, 1.165) is 27.9 Å². The van der Waals surface area contributed by atoms with Gasteiger partial charge in [0.25, 0.3) is 0 Å². The zero-order valence-electron chi connectivity index (χ0n) is 12.7. The van der Waals surface area contributed by atoms with Crippen molar-refractivity contribution in [1.82, 2.24) is 14.0 Å². The molecular weight excluding hydrogens is 310 g/mol. The monoisotopic (exact) mass is 323 g/mol. The minimum atomic E-state index is -0.100. The topological polar surface area (TPSA) is 39.3 Å². The second-order valence-electron chi connectivity index (χ2n) is 5.57. The molecule has 4 aromatic rings. The van der Waals surface area contributed by atoms with E-state index in [-0.39, 0.29) is 5.69 Å². The van der Waals surface area contributed by atoms with Crippen LogP contribution in [0.3, 0.4) is 0 Å². The maximum Gasteiger partial charge on any atom is 0.334 e. The van der Waals surface area contributed by atoms with E-state index < -0.39 is 0 Å². The van der Waals surface area contributed by atoms with Crippen LogP contribution in [0.4, 0.5) is 0 Å². The molecule has 4 nitrogen and oxygen atoms in total. The molecule has 5 heteroatoms. The summed E-state index contributed by atoms with van der Waals surface area (Å²) in [6, 6.07) is 15.3. The summed E-state index contributed by atoms with van der Waals surface area (Å²) in [7, 11) is 1.78. The fourth-order valence-corrected chi connectivity index (χ4v) is 3.22. The van der Waals surface area contributed by atoms with E-state index in [9.17, 15) is 4.79 Å². The van der Waals surface area contributed by atoms with Crippen molar-refractivity contribution in [2.75, 3.05) is 0 Å². The third-order valence-electron chi connectivity index (χ3n) is 4.19. The largest absolute Gasteiger partial charge is 0.334 e. The van der Waals surface area contributed by atoms with Crippen molar-refractivity contribution in [3.05, 3.63) is 69.7 Å². The fraction of sp³-hybridized carbons (Fsp3) is 0.111. The van der Waals surface area contributed by atoms with E-state index >= 15 is 0 Å². The molecule has 0 saturated heterocycles. The first-order valence-corrected chi connectivity index (χ1v) is 7.68. The Morgan fingerprint density at radius 2 is 1.87 bits per heavy atom. The van der Waals surface area contributed by atoms with Gasteiger partial charge in [-0.25, -0.2) is 14.2 Å².